The summed E-state index contributed by atoms with van der Waals surface area (Å²) in [7, 11) is -6.41. The van der Waals surface area contributed by atoms with E-state index in [2.05, 4.69) is 4.98 Å². The first-order valence-corrected chi connectivity index (χ1v) is 13.6. The lowest BCUT2D eigenvalue weighted by atomic mass is 9.94. The van der Waals surface area contributed by atoms with Crippen LogP contribution in [0.25, 0.3) is 10.2 Å². The second kappa shape index (κ2) is 11.8. The summed E-state index contributed by atoms with van der Waals surface area (Å²) in [5, 5.41) is 23.2. The molecule has 2 N–H and O–H groups in total. The van der Waals surface area contributed by atoms with Crippen LogP contribution in [0.3, 0.4) is 0 Å². The van der Waals surface area contributed by atoms with Gasteiger partial charge < -0.3 is 19.7 Å². The number of hydrogen-bond acceptors (Lipinski definition) is 8. The van der Waals surface area contributed by atoms with Crippen molar-refractivity contribution in [3.63, 3.8) is 0 Å². The molecule has 3 aromatic rings. The molecule has 1 aromatic heterocycles. The van der Waals surface area contributed by atoms with Gasteiger partial charge in [0.1, 0.15) is 0 Å². The molecule has 1 unspecified atom stereocenters. The van der Waals surface area contributed by atoms with Gasteiger partial charge in [0.05, 0.1) is 72.6 Å². The number of carboxylic acid groups (broad SMARTS) is 1. The summed E-state index contributed by atoms with van der Waals surface area (Å²) in [6.07, 6.45) is -11.2. The number of aromatic nitrogens is 1. The molecule has 1 fully saturated rings. The molecule has 0 aliphatic carbocycles. The molecule has 2 aromatic carbocycles. The first-order valence-electron chi connectivity index (χ1n) is 20.4. The van der Waals surface area contributed by atoms with Crippen LogP contribution in [0.5, 0.6) is 0 Å². The van der Waals surface area contributed by atoms with Crippen molar-refractivity contribution in [2.75, 3.05) is 19.6 Å². The van der Waals surface area contributed by atoms with Gasteiger partial charge in [-0.1, -0.05) is 44.1 Å². The lowest BCUT2D eigenvalue weighted by Gasteiger charge is -2.39. The number of fused-ring (bicyclic) bond motifs is 2. The molecule has 1 amide bonds. The van der Waals surface area contributed by atoms with Gasteiger partial charge in [-0.25, -0.2) is 18.2 Å². The van der Waals surface area contributed by atoms with E-state index in [9.17, 15) is 31.6 Å². The zero-order valence-corrected chi connectivity index (χ0v) is 22.3. The van der Waals surface area contributed by atoms with Crippen LogP contribution in [-0.2, 0) is 25.9 Å². The first kappa shape index (κ1) is 13.8. The number of aliphatic hydroxyl groups is 1. The summed E-state index contributed by atoms with van der Waals surface area (Å²) in [4.78, 5) is 15.0. The minimum absolute atomic E-state index is 0.322. The number of nitrogens with zero attached hydrogens (tertiary/aromatic N) is 3. The van der Waals surface area contributed by atoms with Gasteiger partial charge in [0.2, 0.25) is 16.3 Å². The third kappa shape index (κ3) is 5.86. The number of thiazole rings is 1. The van der Waals surface area contributed by atoms with E-state index in [-0.39, 0.29) is 4.90 Å². The molecule has 2 aliphatic rings. The van der Waals surface area contributed by atoms with Gasteiger partial charge in [0.15, 0.2) is 0 Å². The summed E-state index contributed by atoms with van der Waals surface area (Å²) < 4.78 is 196. The fourth-order valence-electron chi connectivity index (χ4n) is 3.83. The van der Waals surface area contributed by atoms with Gasteiger partial charge in [0, 0.05) is 22.6 Å². The van der Waals surface area contributed by atoms with E-state index in [0.29, 0.717) is 25.2 Å². The zero-order valence-electron chi connectivity index (χ0n) is 38.7. The molecular weight excluding hydrogens is 554 g/mol. The standard InChI is InChI=1S/C28H33N3O7S2/c1-18(2)14-30(40(35,36)20-8-9-22-26(13-20)39-17-29-22)15-25(32)23(12-19-6-4-3-5-7-19)31(28(33)34)24-16-38-27-21(24)10-11-37-27/h3-11,13,17-18,21,23-25,27,32H,12,14-16H2,1-2H3,(H,33,34)/t21-,23-,24?,25+,27-/m0/s1/i3D,4D,5D,6D,7D,8D,9D,12D2,13D,14D2,15D2,17D,18D,23D,25D. The molecule has 12 heteroatoms. The number of carbonyl (C=O) groups is 1. The first-order chi connectivity index (χ1) is 26.2. The highest BCUT2D eigenvalue weighted by Gasteiger charge is 2.48. The maximum Gasteiger partial charge on any atom is 0.408 e. The smallest absolute Gasteiger partial charge is 0.408 e. The predicted octanol–water partition coefficient (Wildman–Crippen LogP) is 3.78. The van der Waals surface area contributed by atoms with E-state index in [1.807, 2.05) is 0 Å². The van der Waals surface area contributed by atoms with Crippen molar-refractivity contribution in [3.05, 3.63) is 71.7 Å². The van der Waals surface area contributed by atoms with Gasteiger partial charge in [-0.05, 0) is 42.0 Å². The van der Waals surface area contributed by atoms with E-state index in [1.165, 1.54) is 0 Å². The highest BCUT2D eigenvalue weighted by Crippen LogP contribution is 2.34. The Labute approximate surface area is 262 Å². The SMILES string of the molecule is [2H]c1nc2c([2H])c([2H])c(S(=O)(=O)N(C([2H])([2H])C([2H])(C)C)C([2H])([2H])[C@@]([2H])(O)[C@@]([2H])(N(C(=O)O)C3CO[C@@H]4OC=C[C@@H]34)C([2H])([2H])c3c([2H])c([2H])c([2H])c([2H])c3[2H])c([2H])c2s1. The number of benzene rings is 2. The van der Waals surface area contributed by atoms with Crippen LogP contribution in [0, 0.1) is 11.8 Å². The molecule has 40 heavy (non-hydrogen) atoms. The number of rotatable bonds is 11. The van der Waals surface area contributed by atoms with E-state index >= 15 is 0 Å². The average Bonchev–Trinajstić information content (AvgIpc) is 3.81. The van der Waals surface area contributed by atoms with Gasteiger partial charge in [0.25, 0.3) is 0 Å². The lowest BCUT2D eigenvalue weighted by molar-refractivity contribution is -0.0690. The molecule has 214 valence electrons. The van der Waals surface area contributed by atoms with E-state index < -0.39 is 157 Å². The van der Waals surface area contributed by atoms with Crippen molar-refractivity contribution in [2.45, 2.75) is 49.5 Å². The largest absolute Gasteiger partial charge is 0.472 e. The van der Waals surface area contributed by atoms with Gasteiger partial charge >= 0.3 is 6.09 Å². The Kier molecular flexibility index (Phi) is 4.07. The summed E-state index contributed by atoms with van der Waals surface area (Å²) in [6, 6.07) is -17.1. The highest BCUT2D eigenvalue weighted by atomic mass is 32.2. The molecule has 0 radical (unpaired) electrons. The molecule has 0 bridgehead atoms. The maximum absolute atomic E-state index is 14.9. The quantitative estimate of drug-likeness (QED) is 0.338. The Morgan fingerprint density at radius 2 is 2.05 bits per heavy atom. The van der Waals surface area contributed by atoms with Crippen LogP contribution in [-0.4, -0.2) is 82.9 Å². The number of amides is 1. The van der Waals surface area contributed by atoms with Crippen LogP contribution < -0.4 is 0 Å². The molecule has 1 saturated heterocycles. The monoisotopic (exact) mass is 605 g/mol. The van der Waals surface area contributed by atoms with Crippen LogP contribution in [0.4, 0.5) is 4.79 Å². The van der Waals surface area contributed by atoms with Crippen molar-refractivity contribution >= 4 is 37.7 Å². The Balaban J connectivity index is 1.95. The van der Waals surface area contributed by atoms with Crippen molar-refractivity contribution in [3.8, 4) is 0 Å². The van der Waals surface area contributed by atoms with Gasteiger partial charge in [-0.2, -0.15) is 4.31 Å². The third-order valence-electron chi connectivity index (χ3n) is 5.52. The molecule has 5 atom stereocenters. The van der Waals surface area contributed by atoms with Crippen LogP contribution >= 0.6 is 11.3 Å². The summed E-state index contributed by atoms with van der Waals surface area (Å²) in [5.74, 6) is -4.24. The Morgan fingerprint density at radius 3 is 2.77 bits per heavy atom. The Bertz CT molecular complexity index is 2330. The number of ether oxygens (including phenoxy) is 2. The van der Waals surface area contributed by atoms with Gasteiger partial charge in [-0.3, -0.25) is 4.90 Å². The van der Waals surface area contributed by atoms with Crippen LogP contribution in [0.2, 0.25) is 0 Å². The summed E-state index contributed by atoms with van der Waals surface area (Å²) >= 11 is 0.322. The second-order valence-electron chi connectivity index (χ2n) is 8.47. The molecular formula is C28H33N3O7S2. The molecule has 0 saturated carbocycles. The number of sulfonamides is 1. The molecule has 10 nitrogen and oxygen atoms in total. The fourth-order valence-corrected chi connectivity index (χ4v) is 5.57. The lowest BCUT2D eigenvalue weighted by Crippen LogP contribution is -2.57. The van der Waals surface area contributed by atoms with E-state index in [4.69, 9.17) is 25.9 Å². The highest BCUT2D eigenvalue weighted by molar-refractivity contribution is 7.89. The summed E-state index contributed by atoms with van der Waals surface area (Å²) in [6.45, 7) is -8.59. The minimum Gasteiger partial charge on any atom is -0.472 e. The molecule has 3 heterocycles. The normalized spacial score (nSPS) is 31.4. The fraction of sp³-hybridized carbons (Fsp3) is 0.429. The Hall–Kier alpha value is -3.03. The maximum atomic E-state index is 14.9. The minimum atomic E-state index is -6.41. The summed E-state index contributed by atoms with van der Waals surface area (Å²) in [5.41, 5.74) is -2.74. The average molecular weight is 606 g/mol. The molecule has 2 aliphatic heterocycles. The number of hydrogen-bond donors (Lipinski definition) is 2. The van der Waals surface area contributed by atoms with Crippen molar-refractivity contribution < 1.29 is 57.6 Å². The van der Waals surface area contributed by atoms with E-state index in [0.717, 1.165) is 12.3 Å². The second-order valence-corrected chi connectivity index (χ2v) is 11.0. The van der Waals surface area contributed by atoms with Crippen molar-refractivity contribution in [1.82, 2.24) is 14.2 Å². The molecule has 5 rings (SSSR count). The Morgan fingerprint density at radius 1 is 1.27 bits per heavy atom. The third-order valence-corrected chi connectivity index (χ3v) is 7.59. The van der Waals surface area contributed by atoms with Crippen LogP contribution in [0.15, 0.2) is 71.1 Å². The van der Waals surface area contributed by atoms with Gasteiger partial charge in [-0.15, -0.1) is 11.3 Å². The van der Waals surface area contributed by atoms with Crippen molar-refractivity contribution in [2.24, 2.45) is 11.8 Å². The van der Waals surface area contributed by atoms with E-state index in [1.54, 1.807) is 0 Å². The molecule has 0 spiro atoms. The van der Waals surface area contributed by atoms with Crippen LogP contribution in [0.1, 0.15) is 44.1 Å². The van der Waals surface area contributed by atoms with Crippen molar-refractivity contribution in [1.29, 1.82) is 0 Å². The zero-order chi connectivity index (χ0) is 44.4. The predicted molar refractivity (Wildman–Crippen MR) is 150 cm³/mol. The topological polar surface area (TPSA) is 130 Å².